The second kappa shape index (κ2) is 5.30. The monoisotopic (exact) mass is 277 g/mol. The van der Waals surface area contributed by atoms with Crippen LogP contribution in [0.25, 0.3) is 0 Å². The van der Waals surface area contributed by atoms with Crippen LogP contribution in [0.2, 0.25) is 0 Å². The van der Waals surface area contributed by atoms with Crippen LogP contribution in [-0.4, -0.2) is 42.9 Å². The smallest absolute Gasteiger partial charge is 0.226 e. The average Bonchev–Trinajstić information content (AvgIpc) is 2.81. The zero-order valence-corrected chi connectivity index (χ0v) is 11.3. The Morgan fingerprint density at radius 2 is 2.13 bits per heavy atom. The third kappa shape index (κ3) is 3.45. The molecule has 0 heterocycles. The van der Waals surface area contributed by atoms with Crippen molar-refractivity contribution in [2.45, 2.75) is 20.3 Å². The molecule has 0 N–H and O–H groups in total. The molecular weight excluding hydrogens is 258 g/mol. The minimum Gasteiger partial charge on any atom is -0.383 e. The van der Waals surface area contributed by atoms with Gasteiger partial charge in [-0.3, -0.25) is 4.79 Å². The first-order valence-electron chi connectivity index (χ1n) is 5.36. The lowest BCUT2D eigenvalue weighted by molar-refractivity contribution is -0.133. The van der Waals surface area contributed by atoms with Crippen LogP contribution >= 0.6 is 15.9 Å². The highest BCUT2D eigenvalue weighted by molar-refractivity contribution is 9.09. The van der Waals surface area contributed by atoms with E-state index in [1.807, 2.05) is 4.90 Å². The Balaban J connectivity index is 2.45. The Morgan fingerprint density at radius 3 is 2.53 bits per heavy atom. The molecule has 1 aliphatic rings. The van der Waals surface area contributed by atoms with Gasteiger partial charge in [-0.1, -0.05) is 29.8 Å². The summed E-state index contributed by atoms with van der Waals surface area (Å²) in [4.78, 5) is 14.0. The summed E-state index contributed by atoms with van der Waals surface area (Å²) in [5, 5.41) is 0.829. The molecule has 88 valence electrons. The molecule has 3 nitrogen and oxygen atoms in total. The summed E-state index contributed by atoms with van der Waals surface area (Å²) >= 11 is 3.37. The van der Waals surface area contributed by atoms with Gasteiger partial charge in [0.25, 0.3) is 0 Å². The van der Waals surface area contributed by atoms with Crippen molar-refractivity contribution in [1.82, 2.24) is 4.90 Å². The van der Waals surface area contributed by atoms with E-state index in [0.29, 0.717) is 13.2 Å². The Hall–Kier alpha value is -0.0900. The van der Waals surface area contributed by atoms with Gasteiger partial charge in [0, 0.05) is 31.4 Å². The van der Waals surface area contributed by atoms with Crippen molar-refractivity contribution in [3.05, 3.63) is 0 Å². The summed E-state index contributed by atoms with van der Waals surface area (Å²) in [7, 11) is 1.66. The van der Waals surface area contributed by atoms with E-state index in [1.54, 1.807) is 7.11 Å². The number of carbonyl (C=O) groups excluding carboxylic acids is 1. The lowest BCUT2D eigenvalue weighted by Crippen LogP contribution is -2.37. The third-order valence-electron chi connectivity index (χ3n) is 3.04. The fourth-order valence-electron chi connectivity index (χ4n) is 1.74. The molecule has 1 rings (SSSR count). The molecule has 4 heteroatoms. The van der Waals surface area contributed by atoms with Crippen molar-refractivity contribution >= 4 is 21.8 Å². The maximum atomic E-state index is 12.1. The highest BCUT2D eigenvalue weighted by Gasteiger charge is 2.51. The molecule has 0 radical (unpaired) electrons. The molecule has 0 bridgehead atoms. The highest BCUT2D eigenvalue weighted by Crippen LogP contribution is 2.52. The molecule has 1 amide bonds. The van der Waals surface area contributed by atoms with Crippen molar-refractivity contribution in [1.29, 1.82) is 0 Å². The first-order valence-corrected chi connectivity index (χ1v) is 6.48. The standard InChI is InChI=1S/C11H20BrNO2/c1-11(2)8-9(11)10(14)13(5-4-12)6-7-15-3/h9H,4-8H2,1-3H3. The molecule has 1 unspecified atom stereocenters. The van der Waals surface area contributed by atoms with Crippen molar-refractivity contribution in [2.24, 2.45) is 11.3 Å². The molecular formula is C11H20BrNO2. The van der Waals surface area contributed by atoms with E-state index in [9.17, 15) is 4.79 Å². The van der Waals surface area contributed by atoms with Gasteiger partial charge in [0.05, 0.1) is 6.61 Å². The van der Waals surface area contributed by atoms with E-state index < -0.39 is 0 Å². The van der Waals surface area contributed by atoms with Gasteiger partial charge >= 0.3 is 0 Å². The number of nitrogens with zero attached hydrogens (tertiary/aromatic N) is 1. The minimum absolute atomic E-state index is 0.217. The Labute approximate surface area is 100 Å². The van der Waals surface area contributed by atoms with Gasteiger partial charge in [0.15, 0.2) is 0 Å². The first-order chi connectivity index (χ1) is 7.03. The van der Waals surface area contributed by atoms with Crippen LogP contribution in [0.3, 0.4) is 0 Å². The van der Waals surface area contributed by atoms with Crippen LogP contribution in [0, 0.1) is 11.3 Å². The summed E-state index contributed by atoms with van der Waals surface area (Å²) in [6, 6.07) is 0. The predicted molar refractivity (Wildman–Crippen MR) is 64.1 cm³/mol. The van der Waals surface area contributed by atoms with Gasteiger partial charge < -0.3 is 9.64 Å². The first kappa shape index (κ1) is 13.0. The summed E-state index contributed by atoms with van der Waals surface area (Å²) < 4.78 is 5.01. The normalized spacial score (nSPS) is 22.5. The summed E-state index contributed by atoms with van der Waals surface area (Å²) in [6.45, 7) is 6.39. The SMILES string of the molecule is COCCN(CCBr)C(=O)C1CC1(C)C. The third-order valence-corrected chi connectivity index (χ3v) is 3.40. The van der Waals surface area contributed by atoms with E-state index in [-0.39, 0.29) is 17.2 Å². The molecule has 0 spiro atoms. The summed E-state index contributed by atoms with van der Waals surface area (Å²) in [6.07, 6.45) is 1.03. The number of hydrogen-bond donors (Lipinski definition) is 0. The molecule has 1 fully saturated rings. The molecule has 0 aliphatic heterocycles. The number of alkyl halides is 1. The van der Waals surface area contributed by atoms with Crippen LogP contribution in [0.5, 0.6) is 0 Å². The van der Waals surface area contributed by atoms with Crippen LogP contribution in [0.1, 0.15) is 20.3 Å². The van der Waals surface area contributed by atoms with Crippen LogP contribution < -0.4 is 0 Å². The number of ether oxygens (including phenoxy) is 1. The molecule has 1 aliphatic carbocycles. The highest BCUT2D eigenvalue weighted by atomic mass is 79.9. The summed E-state index contributed by atoms with van der Waals surface area (Å²) in [5.41, 5.74) is 0.217. The van der Waals surface area contributed by atoms with E-state index >= 15 is 0 Å². The van der Waals surface area contributed by atoms with Gasteiger partial charge in [-0.05, 0) is 11.8 Å². The Bertz CT molecular complexity index is 231. The topological polar surface area (TPSA) is 29.5 Å². The second-order valence-corrected chi connectivity index (χ2v) is 5.55. The van der Waals surface area contributed by atoms with Crippen molar-refractivity contribution in [3.63, 3.8) is 0 Å². The number of rotatable bonds is 6. The van der Waals surface area contributed by atoms with Crippen LogP contribution in [0.4, 0.5) is 0 Å². The van der Waals surface area contributed by atoms with Crippen LogP contribution in [0.15, 0.2) is 0 Å². The number of methoxy groups -OCH3 is 1. The molecule has 1 atom stereocenters. The Morgan fingerprint density at radius 1 is 1.53 bits per heavy atom. The van der Waals surface area contributed by atoms with Crippen molar-refractivity contribution in [3.8, 4) is 0 Å². The fraction of sp³-hybridized carbons (Fsp3) is 0.909. The van der Waals surface area contributed by atoms with Gasteiger partial charge in [-0.25, -0.2) is 0 Å². The van der Waals surface area contributed by atoms with E-state index in [0.717, 1.165) is 18.3 Å². The van der Waals surface area contributed by atoms with Gasteiger partial charge in [0.1, 0.15) is 0 Å². The zero-order chi connectivity index (χ0) is 11.5. The predicted octanol–water partition coefficient (Wildman–Crippen LogP) is 1.90. The molecule has 0 saturated heterocycles. The van der Waals surface area contributed by atoms with E-state index in [1.165, 1.54) is 0 Å². The number of hydrogen-bond acceptors (Lipinski definition) is 2. The molecule has 15 heavy (non-hydrogen) atoms. The van der Waals surface area contributed by atoms with Gasteiger partial charge in [-0.15, -0.1) is 0 Å². The molecule has 0 aromatic rings. The minimum atomic E-state index is 0.217. The van der Waals surface area contributed by atoms with E-state index in [2.05, 4.69) is 29.8 Å². The van der Waals surface area contributed by atoms with Crippen LogP contribution in [-0.2, 0) is 9.53 Å². The van der Waals surface area contributed by atoms with Crippen molar-refractivity contribution < 1.29 is 9.53 Å². The number of halogens is 1. The van der Waals surface area contributed by atoms with E-state index in [4.69, 9.17) is 4.74 Å². The molecule has 1 saturated carbocycles. The lowest BCUT2D eigenvalue weighted by atomic mass is 10.1. The Kier molecular flexibility index (Phi) is 4.59. The number of carbonyl (C=O) groups is 1. The maximum Gasteiger partial charge on any atom is 0.226 e. The second-order valence-electron chi connectivity index (χ2n) is 4.75. The molecule has 0 aromatic carbocycles. The summed E-state index contributed by atoms with van der Waals surface area (Å²) in [5.74, 6) is 0.518. The van der Waals surface area contributed by atoms with Gasteiger partial charge in [0.2, 0.25) is 5.91 Å². The van der Waals surface area contributed by atoms with Crippen molar-refractivity contribution in [2.75, 3.05) is 32.1 Å². The number of amides is 1. The quantitative estimate of drug-likeness (QED) is 0.694. The average molecular weight is 278 g/mol. The largest absolute Gasteiger partial charge is 0.383 e. The van der Waals surface area contributed by atoms with Gasteiger partial charge in [-0.2, -0.15) is 0 Å². The maximum absolute atomic E-state index is 12.1. The fourth-order valence-corrected chi connectivity index (χ4v) is 2.17. The lowest BCUT2D eigenvalue weighted by Gasteiger charge is -2.22. The molecule has 0 aromatic heterocycles. The zero-order valence-electron chi connectivity index (χ0n) is 9.75.